The summed E-state index contributed by atoms with van der Waals surface area (Å²) in [5, 5.41) is 0. The highest BCUT2D eigenvalue weighted by molar-refractivity contribution is 5.70. The monoisotopic (exact) mass is 283 g/mol. The van der Waals surface area contributed by atoms with Gasteiger partial charge in [0.05, 0.1) is 0 Å². The average Bonchev–Trinajstić information content (AvgIpc) is 2.97. The molecule has 0 saturated carbocycles. The van der Waals surface area contributed by atoms with Crippen LogP contribution in [0.15, 0.2) is 18.5 Å². The number of fused-ring (bicyclic) bond motifs is 2. The van der Waals surface area contributed by atoms with Gasteiger partial charge in [-0.05, 0) is 31.8 Å². The Morgan fingerprint density at radius 1 is 1.25 bits per heavy atom. The van der Waals surface area contributed by atoms with Crippen LogP contribution >= 0.6 is 0 Å². The van der Waals surface area contributed by atoms with Crippen LogP contribution in [-0.4, -0.2) is 33.5 Å². The number of rotatable bonds is 2. The normalized spacial score (nSPS) is 26.4. The van der Waals surface area contributed by atoms with Gasteiger partial charge in [-0.1, -0.05) is 6.08 Å². The van der Waals surface area contributed by atoms with Gasteiger partial charge in [0.15, 0.2) is 0 Å². The minimum atomic E-state index is -4.48. The first-order valence-corrected chi connectivity index (χ1v) is 6.73. The van der Waals surface area contributed by atoms with Crippen LogP contribution in [0, 0.1) is 5.92 Å². The molecule has 2 unspecified atom stereocenters. The van der Waals surface area contributed by atoms with Crippen molar-refractivity contribution >= 4 is 5.57 Å². The van der Waals surface area contributed by atoms with Gasteiger partial charge in [0.1, 0.15) is 0 Å². The predicted molar refractivity (Wildman–Crippen MR) is 68.7 cm³/mol. The van der Waals surface area contributed by atoms with Crippen molar-refractivity contribution in [1.82, 2.24) is 14.9 Å². The highest BCUT2D eigenvalue weighted by Gasteiger charge is 2.40. The van der Waals surface area contributed by atoms with Crippen molar-refractivity contribution in [3.05, 3.63) is 29.9 Å². The number of aromatic nitrogens is 2. The average molecular weight is 283 g/mol. The molecule has 0 amide bonds. The Hall–Kier alpha value is -1.43. The quantitative estimate of drug-likeness (QED) is 0.835. The molecule has 1 fully saturated rings. The van der Waals surface area contributed by atoms with Gasteiger partial charge >= 0.3 is 6.18 Å². The van der Waals surface area contributed by atoms with Gasteiger partial charge in [-0.25, -0.2) is 9.97 Å². The first-order chi connectivity index (χ1) is 9.36. The fourth-order valence-corrected chi connectivity index (χ4v) is 3.17. The Morgan fingerprint density at radius 3 is 2.35 bits per heavy atom. The fraction of sp³-hybridized carbons (Fsp3) is 0.571. The molecule has 0 aromatic carbocycles. The molecular formula is C14H16F3N3. The Morgan fingerprint density at radius 2 is 1.90 bits per heavy atom. The fourth-order valence-electron chi connectivity index (χ4n) is 3.17. The van der Waals surface area contributed by atoms with Crippen molar-refractivity contribution in [3.8, 4) is 0 Å². The second-order valence-corrected chi connectivity index (χ2v) is 5.71. The van der Waals surface area contributed by atoms with E-state index in [0.29, 0.717) is 23.6 Å². The molecule has 0 N–H and O–H groups in total. The molecule has 0 radical (unpaired) electrons. The van der Waals surface area contributed by atoms with Crippen molar-refractivity contribution in [2.45, 2.75) is 38.5 Å². The van der Waals surface area contributed by atoms with Crippen LogP contribution in [-0.2, 0) is 6.18 Å². The zero-order chi connectivity index (χ0) is 14.5. The van der Waals surface area contributed by atoms with Gasteiger partial charge in [0.2, 0.25) is 5.82 Å². The minimum absolute atomic E-state index is 0.391. The van der Waals surface area contributed by atoms with E-state index < -0.39 is 12.0 Å². The molecule has 3 rings (SSSR count). The van der Waals surface area contributed by atoms with E-state index in [2.05, 4.69) is 34.8 Å². The first kappa shape index (κ1) is 13.5. The lowest BCUT2D eigenvalue weighted by molar-refractivity contribution is -0.145. The third-order valence-corrected chi connectivity index (χ3v) is 4.10. The van der Waals surface area contributed by atoms with E-state index in [1.54, 1.807) is 0 Å². The third-order valence-electron chi connectivity index (χ3n) is 4.10. The summed E-state index contributed by atoms with van der Waals surface area (Å²) in [5.74, 6) is -0.684. The number of likely N-dealkylation sites (tertiary alicyclic amines) is 1. The van der Waals surface area contributed by atoms with Crippen molar-refractivity contribution < 1.29 is 13.2 Å². The van der Waals surface area contributed by atoms with E-state index in [1.165, 1.54) is 12.4 Å². The van der Waals surface area contributed by atoms with Crippen molar-refractivity contribution in [3.63, 3.8) is 0 Å². The predicted octanol–water partition coefficient (Wildman–Crippen LogP) is 2.99. The highest BCUT2D eigenvalue weighted by atomic mass is 19.4. The number of nitrogens with zero attached hydrogens (tertiary/aromatic N) is 3. The number of hydrogen-bond donors (Lipinski definition) is 0. The van der Waals surface area contributed by atoms with Gasteiger partial charge < -0.3 is 0 Å². The molecule has 3 nitrogen and oxygen atoms in total. The summed E-state index contributed by atoms with van der Waals surface area (Å²) in [5.41, 5.74) is 1.81. The van der Waals surface area contributed by atoms with Crippen LogP contribution in [0.25, 0.3) is 5.57 Å². The molecular weight excluding hydrogens is 267 g/mol. The Bertz CT molecular complexity index is 534. The summed E-state index contributed by atoms with van der Waals surface area (Å²) in [6.07, 6.45) is 1.31. The lowest BCUT2D eigenvalue weighted by Crippen LogP contribution is -2.36. The van der Waals surface area contributed by atoms with Crippen molar-refractivity contribution in [2.75, 3.05) is 6.54 Å². The maximum atomic E-state index is 12.4. The topological polar surface area (TPSA) is 29.0 Å². The third kappa shape index (κ3) is 2.22. The van der Waals surface area contributed by atoms with Crippen LogP contribution in [0.4, 0.5) is 13.2 Å². The highest BCUT2D eigenvalue weighted by Crippen LogP contribution is 2.42. The SMILES string of the molecule is CC(C)N1CC2CC1C=C2c1cnc(C(F)(F)F)nc1. The maximum absolute atomic E-state index is 12.4. The van der Waals surface area contributed by atoms with Gasteiger partial charge in [-0.3, -0.25) is 4.90 Å². The largest absolute Gasteiger partial charge is 0.451 e. The van der Waals surface area contributed by atoms with E-state index in [4.69, 9.17) is 0 Å². The van der Waals surface area contributed by atoms with Gasteiger partial charge in [0, 0.05) is 36.6 Å². The smallest absolute Gasteiger partial charge is 0.294 e. The molecule has 6 heteroatoms. The number of halogens is 3. The van der Waals surface area contributed by atoms with Gasteiger partial charge in [-0.2, -0.15) is 13.2 Å². The molecule has 2 atom stereocenters. The lowest BCUT2D eigenvalue weighted by atomic mass is 9.97. The maximum Gasteiger partial charge on any atom is 0.451 e. The molecule has 2 aliphatic rings. The summed E-state index contributed by atoms with van der Waals surface area (Å²) in [4.78, 5) is 9.30. The molecule has 1 saturated heterocycles. The minimum Gasteiger partial charge on any atom is -0.294 e. The summed E-state index contributed by atoms with van der Waals surface area (Å²) in [6, 6.07) is 0.893. The number of alkyl halides is 3. The van der Waals surface area contributed by atoms with Crippen molar-refractivity contribution in [2.24, 2.45) is 5.92 Å². The number of hydrogen-bond acceptors (Lipinski definition) is 3. The second-order valence-electron chi connectivity index (χ2n) is 5.71. The molecule has 2 bridgehead atoms. The van der Waals surface area contributed by atoms with E-state index in [9.17, 15) is 13.2 Å². The molecule has 1 aromatic heterocycles. The molecule has 1 aliphatic carbocycles. The second kappa shape index (κ2) is 4.55. The molecule has 1 aliphatic heterocycles. The first-order valence-electron chi connectivity index (χ1n) is 6.73. The Kier molecular flexibility index (Phi) is 3.08. The Balaban J connectivity index is 1.82. The Labute approximate surface area is 115 Å². The molecule has 2 heterocycles. The standard InChI is InChI=1S/C14H16F3N3/c1-8(2)20-7-9-3-11(20)4-12(9)10-5-18-13(19-6-10)14(15,16)17/h4-6,8-9,11H,3,7H2,1-2H3. The van der Waals surface area contributed by atoms with Crippen LogP contribution in [0.2, 0.25) is 0 Å². The molecule has 108 valence electrons. The summed E-state index contributed by atoms with van der Waals surface area (Å²) >= 11 is 0. The summed E-state index contributed by atoms with van der Waals surface area (Å²) in [6.45, 7) is 5.29. The van der Waals surface area contributed by atoms with Crippen LogP contribution in [0.5, 0.6) is 0 Å². The molecule has 0 spiro atoms. The van der Waals surface area contributed by atoms with E-state index >= 15 is 0 Å². The molecule has 20 heavy (non-hydrogen) atoms. The van der Waals surface area contributed by atoms with E-state index in [1.807, 2.05) is 0 Å². The van der Waals surface area contributed by atoms with Crippen LogP contribution in [0.3, 0.4) is 0 Å². The van der Waals surface area contributed by atoms with Gasteiger partial charge in [-0.15, -0.1) is 0 Å². The summed E-state index contributed by atoms with van der Waals surface area (Å²) in [7, 11) is 0. The van der Waals surface area contributed by atoms with E-state index in [0.717, 1.165) is 18.5 Å². The molecule has 1 aromatic rings. The van der Waals surface area contributed by atoms with Crippen molar-refractivity contribution in [1.29, 1.82) is 0 Å². The van der Waals surface area contributed by atoms with Crippen LogP contribution in [0.1, 0.15) is 31.7 Å². The summed E-state index contributed by atoms with van der Waals surface area (Å²) < 4.78 is 37.3. The van der Waals surface area contributed by atoms with Gasteiger partial charge in [0.25, 0.3) is 0 Å². The lowest BCUT2D eigenvalue weighted by Gasteiger charge is -2.29. The zero-order valence-electron chi connectivity index (χ0n) is 11.4. The zero-order valence-corrected chi connectivity index (χ0v) is 11.4. The van der Waals surface area contributed by atoms with Crippen LogP contribution < -0.4 is 0 Å². The van der Waals surface area contributed by atoms with E-state index in [-0.39, 0.29) is 0 Å².